The highest BCUT2D eigenvalue weighted by molar-refractivity contribution is 9.10. The normalized spacial score (nSPS) is 10.3. The molecule has 0 amide bonds. The Morgan fingerprint density at radius 1 is 1.13 bits per heavy atom. The minimum Gasteiger partial charge on any atom is -0.382 e. The van der Waals surface area contributed by atoms with Gasteiger partial charge >= 0.3 is 0 Å². The summed E-state index contributed by atoms with van der Waals surface area (Å²) in [5, 5.41) is 0.389. The molecule has 0 aliphatic carbocycles. The average Bonchev–Trinajstić information content (AvgIpc) is 2.24. The van der Waals surface area contributed by atoms with Crippen molar-refractivity contribution in [1.82, 2.24) is 9.97 Å². The molecule has 1 aromatic heterocycles. The third kappa shape index (κ3) is 2.11. The van der Waals surface area contributed by atoms with E-state index in [1.165, 1.54) is 6.33 Å². The summed E-state index contributed by atoms with van der Waals surface area (Å²) in [6, 6.07) is 7.67. The topological polar surface area (TPSA) is 51.8 Å². The second-order valence-electron chi connectivity index (χ2n) is 2.93. The fraction of sp³-hybridized carbons (Fsp3) is 0. The zero-order chi connectivity index (χ0) is 10.8. The van der Waals surface area contributed by atoms with Crippen molar-refractivity contribution in [2.75, 3.05) is 5.73 Å². The van der Waals surface area contributed by atoms with Crippen LogP contribution in [0.3, 0.4) is 0 Å². The molecule has 2 aromatic rings. The van der Waals surface area contributed by atoms with Crippen molar-refractivity contribution in [3.63, 3.8) is 0 Å². The van der Waals surface area contributed by atoms with Gasteiger partial charge < -0.3 is 5.73 Å². The van der Waals surface area contributed by atoms with Crippen molar-refractivity contribution in [1.29, 1.82) is 0 Å². The Bertz CT molecular complexity index is 485. The Hall–Kier alpha value is -1.13. The lowest BCUT2D eigenvalue weighted by molar-refractivity contribution is 1.18. The minimum absolute atomic E-state index is 0.296. The van der Waals surface area contributed by atoms with Crippen LogP contribution in [0, 0.1) is 0 Å². The largest absolute Gasteiger partial charge is 0.382 e. The fourth-order valence-corrected chi connectivity index (χ4v) is 1.66. The Labute approximate surface area is 100 Å². The van der Waals surface area contributed by atoms with Crippen LogP contribution in [0.25, 0.3) is 11.3 Å². The van der Waals surface area contributed by atoms with Gasteiger partial charge in [0.05, 0.1) is 5.69 Å². The van der Waals surface area contributed by atoms with Crippen LogP contribution in [0.4, 0.5) is 5.82 Å². The smallest absolute Gasteiger partial charge is 0.146 e. The summed E-state index contributed by atoms with van der Waals surface area (Å²) in [6.45, 7) is 0. The number of halogens is 2. The molecule has 0 aliphatic heterocycles. The quantitative estimate of drug-likeness (QED) is 0.875. The van der Waals surface area contributed by atoms with Crippen molar-refractivity contribution >= 4 is 33.3 Å². The first-order valence-electron chi connectivity index (χ1n) is 4.20. The minimum atomic E-state index is 0.296. The molecule has 1 aromatic carbocycles. The number of benzene rings is 1. The van der Waals surface area contributed by atoms with Crippen LogP contribution >= 0.6 is 27.5 Å². The molecule has 0 saturated heterocycles. The van der Waals surface area contributed by atoms with Gasteiger partial charge in [-0.05, 0) is 12.1 Å². The lowest BCUT2D eigenvalue weighted by Crippen LogP contribution is -1.95. The fourth-order valence-electron chi connectivity index (χ4n) is 1.19. The molecule has 0 bridgehead atoms. The summed E-state index contributed by atoms with van der Waals surface area (Å²) >= 11 is 9.37. The number of hydrogen-bond acceptors (Lipinski definition) is 3. The van der Waals surface area contributed by atoms with Crippen LogP contribution in [0.15, 0.2) is 35.1 Å². The van der Waals surface area contributed by atoms with Gasteiger partial charge in [-0.25, -0.2) is 9.97 Å². The second-order valence-corrected chi connectivity index (χ2v) is 4.22. The zero-order valence-corrected chi connectivity index (χ0v) is 9.96. The molecule has 0 fully saturated rings. The maximum Gasteiger partial charge on any atom is 0.146 e. The van der Waals surface area contributed by atoms with Crippen molar-refractivity contribution in [2.45, 2.75) is 0 Å². The number of nitrogens with two attached hydrogens (primary N) is 1. The van der Waals surface area contributed by atoms with E-state index in [9.17, 15) is 0 Å². The van der Waals surface area contributed by atoms with Crippen molar-refractivity contribution < 1.29 is 0 Å². The summed E-state index contributed by atoms with van der Waals surface area (Å²) in [4.78, 5) is 7.91. The maximum absolute atomic E-state index is 6.01. The standard InChI is InChI=1S/C10H7BrClN3/c11-7-3-1-6(2-4-7)9-8(12)10(13)15-5-14-9/h1-5H,(H2,13,14,15). The Kier molecular flexibility index (Phi) is 2.88. The van der Waals surface area contributed by atoms with E-state index in [2.05, 4.69) is 25.9 Å². The molecule has 0 radical (unpaired) electrons. The van der Waals surface area contributed by atoms with Crippen molar-refractivity contribution in [3.8, 4) is 11.3 Å². The highest BCUT2D eigenvalue weighted by atomic mass is 79.9. The maximum atomic E-state index is 6.01. The first-order chi connectivity index (χ1) is 7.18. The summed E-state index contributed by atoms with van der Waals surface area (Å²) in [6.07, 6.45) is 1.40. The zero-order valence-electron chi connectivity index (χ0n) is 7.61. The highest BCUT2D eigenvalue weighted by Gasteiger charge is 2.08. The van der Waals surface area contributed by atoms with Gasteiger partial charge in [0.1, 0.15) is 17.2 Å². The van der Waals surface area contributed by atoms with E-state index in [0.29, 0.717) is 16.5 Å². The van der Waals surface area contributed by atoms with Gasteiger partial charge in [0, 0.05) is 10.0 Å². The SMILES string of the molecule is Nc1ncnc(-c2ccc(Br)cc2)c1Cl. The van der Waals surface area contributed by atoms with Gasteiger partial charge in [0.15, 0.2) is 0 Å². The Morgan fingerprint density at radius 2 is 1.80 bits per heavy atom. The summed E-state index contributed by atoms with van der Waals surface area (Å²) in [5.41, 5.74) is 7.16. The summed E-state index contributed by atoms with van der Waals surface area (Å²) in [5.74, 6) is 0.296. The first kappa shape index (κ1) is 10.4. The molecule has 15 heavy (non-hydrogen) atoms. The average molecular weight is 285 g/mol. The molecular formula is C10H7BrClN3. The second kappa shape index (κ2) is 4.16. The number of anilines is 1. The van der Waals surface area contributed by atoms with Crippen LogP contribution in [0.2, 0.25) is 5.02 Å². The number of nitrogens with zero attached hydrogens (tertiary/aromatic N) is 2. The molecule has 0 atom stereocenters. The molecule has 0 aliphatic rings. The van der Waals surface area contributed by atoms with E-state index in [-0.39, 0.29) is 0 Å². The molecule has 0 spiro atoms. The molecule has 1 heterocycles. The van der Waals surface area contributed by atoms with Gasteiger partial charge in [0.2, 0.25) is 0 Å². The predicted molar refractivity (Wildman–Crippen MR) is 64.6 cm³/mol. The van der Waals surface area contributed by atoms with E-state index in [0.717, 1.165) is 10.0 Å². The molecule has 2 N–H and O–H groups in total. The summed E-state index contributed by atoms with van der Waals surface area (Å²) < 4.78 is 1.00. The van der Waals surface area contributed by atoms with Crippen LogP contribution < -0.4 is 5.73 Å². The van der Waals surface area contributed by atoms with E-state index in [4.69, 9.17) is 17.3 Å². The summed E-state index contributed by atoms with van der Waals surface area (Å²) in [7, 11) is 0. The predicted octanol–water partition coefficient (Wildman–Crippen LogP) is 3.14. The number of rotatable bonds is 1. The van der Waals surface area contributed by atoms with E-state index in [1.54, 1.807) is 0 Å². The van der Waals surface area contributed by atoms with Gasteiger partial charge in [-0.1, -0.05) is 39.7 Å². The van der Waals surface area contributed by atoms with E-state index < -0.39 is 0 Å². The van der Waals surface area contributed by atoms with Crippen LogP contribution in [-0.2, 0) is 0 Å². The molecular weight excluding hydrogens is 277 g/mol. The van der Waals surface area contributed by atoms with Gasteiger partial charge in [0.25, 0.3) is 0 Å². The number of hydrogen-bond donors (Lipinski definition) is 1. The molecule has 5 heteroatoms. The molecule has 3 nitrogen and oxygen atoms in total. The molecule has 0 saturated carbocycles. The van der Waals surface area contributed by atoms with Crippen molar-refractivity contribution in [3.05, 3.63) is 40.1 Å². The Morgan fingerprint density at radius 3 is 2.47 bits per heavy atom. The Balaban J connectivity index is 2.54. The van der Waals surface area contributed by atoms with Crippen LogP contribution in [0.5, 0.6) is 0 Å². The molecule has 0 unspecified atom stereocenters. The van der Waals surface area contributed by atoms with Gasteiger partial charge in [-0.3, -0.25) is 0 Å². The molecule has 76 valence electrons. The van der Waals surface area contributed by atoms with Crippen LogP contribution in [0.1, 0.15) is 0 Å². The first-order valence-corrected chi connectivity index (χ1v) is 5.37. The number of aromatic nitrogens is 2. The third-order valence-electron chi connectivity index (χ3n) is 1.93. The van der Waals surface area contributed by atoms with Gasteiger partial charge in [-0.15, -0.1) is 0 Å². The lowest BCUT2D eigenvalue weighted by atomic mass is 10.1. The van der Waals surface area contributed by atoms with Crippen LogP contribution in [-0.4, -0.2) is 9.97 Å². The lowest BCUT2D eigenvalue weighted by Gasteiger charge is -2.04. The van der Waals surface area contributed by atoms with E-state index in [1.807, 2.05) is 24.3 Å². The number of nitrogen functional groups attached to an aromatic ring is 1. The monoisotopic (exact) mass is 283 g/mol. The van der Waals surface area contributed by atoms with E-state index >= 15 is 0 Å². The van der Waals surface area contributed by atoms with Gasteiger partial charge in [-0.2, -0.15) is 0 Å². The highest BCUT2D eigenvalue weighted by Crippen LogP contribution is 2.29. The molecule has 2 rings (SSSR count). The van der Waals surface area contributed by atoms with Crippen molar-refractivity contribution in [2.24, 2.45) is 0 Å². The third-order valence-corrected chi connectivity index (χ3v) is 2.84.